The minimum absolute atomic E-state index is 0. The van der Waals surface area contributed by atoms with Crippen LogP contribution in [0.3, 0.4) is 0 Å². The monoisotopic (exact) mass is 403 g/mol. The van der Waals surface area contributed by atoms with Crippen molar-refractivity contribution in [2.45, 2.75) is 63.6 Å². The molecule has 1 saturated heterocycles. The number of carboxylic acids is 1. The molecule has 3 atom stereocenters. The van der Waals surface area contributed by atoms with Gasteiger partial charge in [-0.2, -0.15) is 0 Å². The molecule has 6 aliphatic rings. The molecule has 0 aromatic heterocycles. The lowest BCUT2D eigenvalue weighted by atomic mass is 9.47. The van der Waals surface area contributed by atoms with Crippen LogP contribution in [0, 0.1) is 29.1 Å². The molecule has 4 nitrogen and oxygen atoms in total. The lowest BCUT2D eigenvalue weighted by molar-refractivity contribution is -0.191. The Labute approximate surface area is 172 Å². The molecule has 2 N–H and O–H groups in total. The second-order valence-corrected chi connectivity index (χ2v) is 10.2. The second kappa shape index (κ2) is 6.63. The van der Waals surface area contributed by atoms with E-state index in [0.717, 1.165) is 35.5 Å². The van der Waals surface area contributed by atoms with Gasteiger partial charge in [0.2, 0.25) is 0 Å². The lowest BCUT2D eigenvalue weighted by Crippen LogP contribution is -2.54. The van der Waals surface area contributed by atoms with Crippen LogP contribution in [0.25, 0.3) is 0 Å². The highest BCUT2D eigenvalue weighted by Crippen LogP contribution is 2.63. The summed E-state index contributed by atoms with van der Waals surface area (Å²) in [6.45, 7) is 0.942. The Morgan fingerprint density at radius 3 is 2.39 bits per heavy atom. The van der Waals surface area contributed by atoms with Gasteiger partial charge in [0.1, 0.15) is 0 Å². The van der Waals surface area contributed by atoms with E-state index in [1.54, 1.807) is 6.07 Å². The molecular formula is C23H30ClNO3. The highest BCUT2D eigenvalue weighted by atomic mass is 35.5. The quantitative estimate of drug-likeness (QED) is 0.704. The SMILES string of the molecule is Cl.O=C(O)c1ccc2c(c1)C1OC(C34CC5CC(CC(C5)C3)C4)CCC1CN2. The largest absolute Gasteiger partial charge is 0.478 e. The average molecular weight is 404 g/mol. The molecule has 7 rings (SSSR count). The molecule has 4 saturated carbocycles. The molecule has 0 spiro atoms. The van der Waals surface area contributed by atoms with E-state index in [2.05, 4.69) is 5.32 Å². The average Bonchev–Trinajstić information content (AvgIpc) is 2.66. The number of anilines is 1. The van der Waals surface area contributed by atoms with Crippen LogP contribution < -0.4 is 5.32 Å². The number of ether oxygens (including phenoxy) is 1. The van der Waals surface area contributed by atoms with Gasteiger partial charge in [0.15, 0.2) is 0 Å². The zero-order valence-corrected chi connectivity index (χ0v) is 17.0. The number of carboxylic acid groups (broad SMARTS) is 1. The van der Waals surface area contributed by atoms with Gasteiger partial charge in [-0.3, -0.25) is 0 Å². The van der Waals surface area contributed by atoms with Crippen molar-refractivity contribution in [3.05, 3.63) is 29.3 Å². The van der Waals surface area contributed by atoms with Gasteiger partial charge < -0.3 is 15.2 Å². The summed E-state index contributed by atoms with van der Waals surface area (Å²) >= 11 is 0. The summed E-state index contributed by atoms with van der Waals surface area (Å²) in [7, 11) is 0. The molecule has 2 aliphatic heterocycles. The normalized spacial score (nSPS) is 42.7. The van der Waals surface area contributed by atoms with E-state index >= 15 is 0 Å². The van der Waals surface area contributed by atoms with E-state index in [-0.39, 0.29) is 18.5 Å². The number of aromatic carboxylic acids is 1. The Hall–Kier alpha value is -1.26. The van der Waals surface area contributed by atoms with E-state index < -0.39 is 5.97 Å². The van der Waals surface area contributed by atoms with Crippen LogP contribution in [0.2, 0.25) is 0 Å². The molecule has 1 aromatic rings. The molecule has 152 valence electrons. The van der Waals surface area contributed by atoms with Crippen molar-refractivity contribution >= 4 is 24.1 Å². The van der Waals surface area contributed by atoms with Gasteiger partial charge in [-0.25, -0.2) is 4.79 Å². The Balaban J connectivity index is 0.00000171. The smallest absolute Gasteiger partial charge is 0.335 e. The number of benzene rings is 1. The van der Waals surface area contributed by atoms with Gasteiger partial charge in [-0.05, 0) is 92.7 Å². The molecule has 3 unspecified atom stereocenters. The highest BCUT2D eigenvalue weighted by molar-refractivity contribution is 5.88. The number of nitrogens with one attached hydrogen (secondary N) is 1. The molecule has 4 bridgehead atoms. The fourth-order valence-electron chi connectivity index (χ4n) is 7.76. The van der Waals surface area contributed by atoms with Crippen molar-refractivity contribution in [1.29, 1.82) is 0 Å². The minimum Gasteiger partial charge on any atom is -0.478 e. The molecule has 28 heavy (non-hydrogen) atoms. The predicted molar refractivity (Wildman–Crippen MR) is 110 cm³/mol. The maximum Gasteiger partial charge on any atom is 0.335 e. The lowest BCUT2D eigenvalue weighted by Gasteiger charge is -2.60. The van der Waals surface area contributed by atoms with Gasteiger partial charge in [0.05, 0.1) is 17.8 Å². The van der Waals surface area contributed by atoms with Crippen molar-refractivity contribution in [2.75, 3.05) is 11.9 Å². The standard InChI is InChI=1S/C23H29NO3.ClH/c25-22(26)16-1-3-19-18(8-16)21-17(12-24-19)2-4-20(27-21)23-9-13-5-14(10-23)7-15(6-13)11-23;/h1,3,8,13-15,17,20-21,24H,2,4-7,9-12H2,(H,25,26);1H. The first kappa shape index (κ1) is 18.7. The summed E-state index contributed by atoms with van der Waals surface area (Å²) in [4.78, 5) is 11.5. The van der Waals surface area contributed by atoms with Crippen LogP contribution in [0.15, 0.2) is 18.2 Å². The van der Waals surface area contributed by atoms with Crippen LogP contribution in [0.4, 0.5) is 5.69 Å². The summed E-state index contributed by atoms with van der Waals surface area (Å²) in [6, 6.07) is 5.48. The Kier molecular flexibility index (Phi) is 4.44. The first-order chi connectivity index (χ1) is 13.1. The van der Waals surface area contributed by atoms with Crippen LogP contribution >= 0.6 is 12.4 Å². The van der Waals surface area contributed by atoms with Gasteiger partial charge >= 0.3 is 5.97 Å². The topological polar surface area (TPSA) is 58.6 Å². The molecule has 5 heteroatoms. The predicted octanol–water partition coefficient (Wildman–Crippen LogP) is 5.28. The number of halogens is 1. The third-order valence-electron chi connectivity index (χ3n) is 8.47. The molecule has 5 fully saturated rings. The third kappa shape index (κ3) is 2.79. The van der Waals surface area contributed by atoms with Gasteiger partial charge in [-0.1, -0.05) is 0 Å². The maximum atomic E-state index is 11.5. The summed E-state index contributed by atoms with van der Waals surface area (Å²) < 4.78 is 6.90. The van der Waals surface area contributed by atoms with Crippen LogP contribution in [0.5, 0.6) is 0 Å². The molecule has 0 amide bonds. The second-order valence-electron chi connectivity index (χ2n) is 10.2. The van der Waals surface area contributed by atoms with E-state index in [4.69, 9.17) is 4.74 Å². The van der Waals surface area contributed by atoms with Gasteiger partial charge in [0.25, 0.3) is 0 Å². The third-order valence-corrected chi connectivity index (χ3v) is 8.47. The number of carbonyl (C=O) groups is 1. The summed E-state index contributed by atoms with van der Waals surface area (Å²) in [5.41, 5.74) is 2.92. The number of rotatable bonds is 2. The molecule has 2 heterocycles. The Morgan fingerprint density at radius 1 is 1.07 bits per heavy atom. The van der Waals surface area contributed by atoms with Crippen LogP contribution in [0.1, 0.15) is 73.4 Å². The van der Waals surface area contributed by atoms with E-state index in [0.29, 0.717) is 23.0 Å². The summed E-state index contributed by atoms with van der Waals surface area (Å²) in [6.07, 6.45) is 11.3. The number of fused-ring (bicyclic) bond motifs is 3. The molecule has 1 aromatic carbocycles. The van der Waals surface area contributed by atoms with Crippen molar-refractivity contribution in [1.82, 2.24) is 0 Å². The van der Waals surface area contributed by atoms with Crippen molar-refractivity contribution < 1.29 is 14.6 Å². The maximum absolute atomic E-state index is 11.5. The van der Waals surface area contributed by atoms with E-state index in [1.807, 2.05) is 12.1 Å². The first-order valence-corrected chi connectivity index (χ1v) is 10.9. The number of hydrogen-bond donors (Lipinski definition) is 2. The Morgan fingerprint density at radius 2 is 1.75 bits per heavy atom. The summed E-state index contributed by atoms with van der Waals surface area (Å²) in [5, 5.41) is 12.9. The van der Waals surface area contributed by atoms with Gasteiger partial charge in [0, 0.05) is 23.7 Å². The fraction of sp³-hybridized carbons (Fsp3) is 0.696. The molecule has 4 aliphatic carbocycles. The zero-order valence-electron chi connectivity index (χ0n) is 16.2. The molecule has 0 radical (unpaired) electrons. The van der Waals surface area contributed by atoms with Crippen molar-refractivity contribution in [3.63, 3.8) is 0 Å². The van der Waals surface area contributed by atoms with Gasteiger partial charge in [-0.15, -0.1) is 12.4 Å². The first-order valence-electron chi connectivity index (χ1n) is 10.9. The Bertz CT molecular complexity index is 759. The zero-order chi connectivity index (χ0) is 18.2. The van der Waals surface area contributed by atoms with Crippen LogP contribution in [-0.4, -0.2) is 23.7 Å². The van der Waals surface area contributed by atoms with E-state index in [1.165, 1.54) is 51.4 Å². The van der Waals surface area contributed by atoms with Crippen LogP contribution in [-0.2, 0) is 4.74 Å². The fourth-order valence-corrected chi connectivity index (χ4v) is 7.76. The highest BCUT2D eigenvalue weighted by Gasteiger charge is 2.56. The van der Waals surface area contributed by atoms with Crippen molar-refractivity contribution in [2.24, 2.45) is 29.1 Å². The van der Waals surface area contributed by atoms with Crippen molar-refractivity contribution in [3.8, 4) is 0 Å². The number of hydrogen-bond acceptors (Lipinski definition) is 3. The summed E-state index contributed by atoms with van der Waals surface area (Å²) in [5.74, 6) is 2.43. The molecular weight excluding hydrogens is 374 g/mol. The van der Waals surface area contributed by atoms with E-state index in [9.17, 15) is 9.90 Å². The minimum atomic E-state index is -0.853.